The van der Waals surface area contributed by atoms with Crippen LogP contribution in [0.2, 0.25) is 0 Å². The number of sulfonamides is 2. The minimum Gasteiger partial charge on any atom is -0.270 e. The molecule has 0 spiro atoms. The molecule has 6 nitrogen and oxygen atoms in total. The van der Waals surface area contributed by atoms with Crippen molar-refractivity contribution >= 4 is 25.7 Å². The van der Waals surface area contributed by atoms with Crippen molar-refractivity contribution in [2.24, 2.45) is 0 Å². The van der Waals surface area contributed by atoms with E-state index in [1.807, 2.05) is 0 Å². The van der Waals surface area contributed by atoms with Gasteiger partial charge in [0.2, 0.25) is 20.0 Å². The molecule has 0 radical (unpaired) electrons. The van der Waals surface area contributed by atoms with Gasteiger partial charge < -0.3 is 0 Å². The Morgan fingerprint density at radius 3 is 2.25 bits per heavy atom. The lowest BCUT2D eigenvalue weighted by molar-refractivity contribution is 0.346. The van der Waals surface area contributed by atoms with Gasteiger partial charge in [-0.1, -0.05) is 6.42 Å². The van der Waals surface area contributed by atoms with E-state index >= 15 is 0 Å². The smallest absolute Gasteiger partial charge is 0.243 e. The molecular formula is C16H24N2O4S2. The first-order chi connectivity index (χ1) is 11.3. The van der Waals surface area contributed by atoms with E-state index in [0.717, 1.165) is 25.7 Å². The second-order valence-corrected chi connectivity index (χ2v) is 10.4. The molecule has 2 fully saturated rings. The van der Waals surface area contributed by atoms with Crippen LogP contribution in [0.5, 0.6) is 0 Å². The average Bonchev–Trinajstić information content (AvgIpc) is 2.55. The summed E-state index contributed by atoms with van der Waals surface area (Å²) in [6.45, 7) is 3.31. The summed E-state index contributed by atoms with van der Waals surface area (Å²) in [5, 5.41) is 0. The molecule has 24 heavy (non-hydrogen) atoms. The number of nitrogens with zero attached hydrogens (tertiary/aromatic N) is 2. The molecule has 2 aliphatic rings. The summed E-state index contributed by atoms with van der Waals surface area (Å²) in [5.74, 6) is 0.153. The summed E-state index contributed by atoms with van der Waals surface area (Å²) >= 11 is 0. The van der Waals surface area contributed by atoms with E-state index in [2.05, 4.69) is 0 Å². The first-order valence-corrected chi connectivity index (χ1v) is 11.5. The topological polar surface area (TPSA) is 74.8 Å². The van der Waals surface area contributed by atoms with E-state index in [1.165, 1.54) is 8.61 Å². The number of anilines is 1. The van der Waals surface area contributed by atoms with Crippen LogP contribution >= 0.6 is 0 Å². The molecule has 3 rings (SSSR count). The number of benzene rings is 1. The van der Waals surface area contributed by atoms with Crippen LogP contribution in [-0.2, 0) is 20.0 Å². The standard InChI is InChI=1S/C16H24N2O4S2/c1-14-13-15(18-11-5-6-12-23(18,19)20)7-8-16(14)24(21,22)17-9-3-2-4-10-17/h7-8,13H,2-6,9-12H2,1H3. The molecule has 0 atom stereocenters. The highest BCUT2D eigenvalue weighted by Crippen LogP contribution is 2.29. The van der Waals surface area contributed by atoms with Gasteiger partial charge in [-0.05, 0) is 56.4 Å². The van der Waals surface area contributed by atoms with Crippen molar-refractivity contribution in [2.75, 3.05) is 29.7 Å². The Balaban J connectivity index is 1.92. The number of hydrogen-bond donors (Lipinski definition) is 0. The maximum absolute atomic E-state index is 12.8. The Labute approximate surface area is 144 Å². The third-order valence-electron chi connectivity index (χ3n) is 4.73. The van der Waals surface area contributed by atoms with Gasteiger partial charge in [-0.25, -0.2) is 16.8 Å². The zero-order valence-electron chi connectivity index (χ0n) is 13.9. The first-order valence-electron chi connectivity index (χ1n) is 8.43. The zero-order valence-corrected chi connectivity index (χ0v) is 15.6. The van der Waals surface area contributed by atoms with Crippen molar-refractivity contribution < 1.29 is 16.8 Å². The normalized spacial score (nSPS) is 22.5. The van der Waals surface area contributed by atoms with Crippen molar-refractivity contribution in [3.8, 4) is 0 Å². The van der Waals surface area contributed by atoms with Crippen LogP contribution < -0.4 is 4.31 Å². The fraction of sp³-hybridized carbons (Fsp3) is 0.625. The molecule has 2 aliphatic heterocycles. The summed E-state index contributed by atoms with van der Waals surface area (Å²) in [4.78, 5) is 0.280. The van der Waals surface area contributed by atoms with Gasteiger partial charge in [0.15, 0.2) is 0 Å². The third-order valence-corrected chi connectivity index (χ3v) is 8.66. The largest absolute Gasteiger partial charge is 0.270 e. The van der Waals surface area contributed by atoms with Gasteiger partial charge in [-0.15, -0.1) is 0 Å². The number of rotatable bonds is 3. The lowest BCUT2D eigenvalue weighted by Crippen LogP contribution is -2.38. The highest BCUT2D eigenvalue weighted by Gasteiger charge is 2.30. The number of piperidine rings is 1. The predicted octanol–water partition coefficient (Wildman–Crippen LogP) is 2.10. The second-order valence-electron chi connectivity index (χ2n) is 6.51. The van der Waals surface area contributed by atoms with E-state index in [-0.39, 0.29) is 10.6 Å². The lowest BCUT2D eigenvalue weighted by atomic mass is 10.2. The van der Waals surface area contributed by atoms with Crippen LogP contribution in [0.4, 0.5) is 5.69 Å². The van der Waals surface area contributed by atoms with Crippen LogP contribution in [0.1, 0.15) is 37.7 Å². The van der Waals surface area contributed by atoms with Crippen molar-refractivity contribution in [1.29, 1.82) is 0 Å². The minimum atomic E-state index is -3.50. The molecule has 0 amide bonds. The van der Waals surface area contributed by atoms with Crippen LogP contribution in [0, 0.1) is 6.92 Å². The minimum absolute atomic E-state index is 0.153. The first kappa shape index (κ1) is 17.7. The van der Waals surface area contributed by atoms with Gasteiger partial charge in [-0.3, -0.25) is 4.31 Å². The molecule has 0 unspecified atom stereocenters. The van der Waals surface area contributed by atoms with E-state index in [9.17, 15) is 16.8 Å². The van der Waals surface area contributed by atoms with Gasteiger partial charge in [-0.2, -0.15) is 4.31 Å². The quantitative estimate of drug-likeness (QED) is 0.814. The summed E-state index contributed by atoms with van der Waals surface area (Å²) < 4.78 is 53.0. The molecule has 8 heteroatoms. The molecule has 2 heterocycles. The Bertz CT molecular complexity index is 812. The summed E-state index contributed by atoms with van der Waals surface area (Å²) in [7, 11) is -6.79. The molecule has 0 saturated carbocycles. The maximum Gasteiger partial charge on any atom is 0.243 e. The highest BCUT2D eigenvalue weighted by molar-refractivity contribution is 7.92. The van der Waals surface area contributed by atoms with Gasteiger partial charge in [0.05, 0.1) is 16.3 Å². The molecular weight excluding hydrogens is 348 g/mol. The van der Waals surface area contributed by atoms with Gasteiger partial charge in [0.25, 0.3) is 0 Å². The van der Waals surface area contributed by atoms with E-state index in [1.54, 1.807) is 25.1 Å². The average molecular weight is 373 g/mol. The van der Waals surface area contributed by atoms with Crippen LogP contribution in [0.3, 0.4) is 0 Å². The van der Waals surface area contributed by atoms with E-state index in [0.29, 0.717) is 37.3 Å². The molecule has 2 saturated heterocycles. The van der Waals surface area contributed by atoms with Crippen LogP contribution in [0.15, 0.2) is 23.1 Å². The summed E-state index contributed by atoms with van der Waals surface area (Å²) in [6.07, 6.45) is 4.35. The Kier molecular flexibility index (Phi) is 4.90. The van der Waals surface area contributed by atoms with Gasteiger partial charge in [0.1, 0.15) is 0 Å². The predicted molar refractivity (Wildman–Crippen MR) is 94.2 cm³/mol. The Morgan fingerprint density at radius 1 is 0.958 bits per heavy atom. The molecule has 0 bridgehead atoms. The summed E-state index contributed by atoms with van der Waals surface area (Å²) in [6, 6.07) is 4.85. The molecule has 1 aromatic carbocycles. The Hall–Kier alpha value is -1.12. The highest BCUT2D eigenvalue weighted by atomic mass is 32.2. The number of aryl methyl sites for hydroxylation is 1. The SMILES string of the molecule is Cc1cc(N2CCCCS2(=O)=O)ccc1S(=O)(=O)N1CCCCC1. The van der Waals surface area contributed by atoms with E-state index < -0.39 is 20.0 Å². The zero-order chi connectivity index (χ0) is 17.4. The fourth-order valence-corrected chi connectivity index (χ4v) is 6.76. The van der Waals surface area contributed by atoms with E-state index in [4.69, 9.17) is 0 Å². The summed E-state index contributed by atoms with van der Waals surface area (Å²) in [5.41, 5.74) is 1.16. The molecule has 1 aromatic rings. The van der Waals surface area contributed by atoms with Crippen molar-refractivity contribution in [2.45, 2.75) is 43.9 Å². The van der Waals surface area contributed by atoms with Gasteiger partial charge in [0, 0.05) is 19.6 Å². The molecule has 0 N–H and O–H groups in total. The fourth-order valence-electron chi connectivity index (χ4n) is 3.40. The lowest BCUT2D eigenvalue weighted by Gasteiger charge is -2.29. The molecule has 0 aromatic heterocycles. The van der Waals surface area contributed by atoms with Crippen molar-refractivity contribution in [1.82, 2.24) is 4.31 Å². The van der Waals surface area contributed by atoms with Crippen LogP contribution in [0.25, 0.3) is 0 Å². The number of hydrogen-bond acceptors (Lipinski definition) is 4. The maximum atomic E-state index is 12.8. The molecule has 134 valence electrons. The second kappa shape index (κ2) is 6.65. The monoisotopic (exact) mass is 372 g/mol. The van der Waals surface area contributed by atoms with Crippen molar-refractivity contribution in [3.05, 3.63) is 23.8 Å². The van der Waals surface area contributed by atoms with Crippen molar-refractivity contribution in [3.63, 3.8) is 0 Å². The third kappa shape index (κ3) is 3.32. The molecule has 0 aliphatic carbocycles. The van der Waals surface area contributed by atoms with Gasteiger partial charge >= 0.3 is 0 Å². The Morgan fingerprint density at radius 2 is 1.62 bits per heavy atom. The van der Waals surface area contributed by atoms with Crippen LogP contribution in [-0.4, -0.2) is 46.5 Å².